The number of hydrogen-bond acceptors (Lipinski definition) is 3. The van der Waals surface area contributed by atoms with Gasteiger partial charge >= 0.3 is 5.97 Å². The maximum atomic E-state index is 12.2. The average molecular weight is 355 g/mol. The van der Waals surface area contributed by atoms with Gasteiger partial charge in [-0.05, 0) is 55.2 Å². The molecule has 0 spiro atoms. The van der Waals surface area contributed by atoms with Crippen LogP contribution in [0.4, 0.5) is 5.69 Å². The number of benzene rings is 2. The van der Waals surface area contributed by atoms with Crippen molar-refractivity contribution in [3.63, 3.8) is 0 Å². The Labute approximate surface area is 154 Å². The minimum atomic E-state index is -0.976. The fourth-order valence-electron chi connectivity index (χ4n) is 2.61. The summed E-state index contributed by atoms with van der Waals surface area (Å²) in [7, 11) is 0. The molecule has 0 aliphatic rings. The topological polar surface area (TPSA) is 75.6 Å². The van der Waals surface area contributed by atoms with Gasteiger partial charge in [0.05, 0.1) is 12.2 Å². The van der Waals surface area contributed by atoms with Crippen LogP contribution in [0.3, 0.4) is 0 Å². The van der Waals surface area contributed by atoms with Crippen molar-refractivity contribution in [2.75, 3.05) is 11.9 Å². The molecule has 26 heavy (non-hydrogen) atoms. The standard InChI is InChI=1S/C21H25NO4/c1-3-4-13-26-17-10-11-19(15(2)14-17)22-20(23)12-9-16-7-5-6-8-18(16)21(24)25/h5-8,10-11,14H,3-4,9,12-13H2,1-2H3,(H,22,23)(H,24,25). The highest BCUT2D eigenvalue weighted by atomic mass is 16.5. The highest BCUT2D eigenvalue weighted by Crippen LogP contribution is 2.22. The fourth-order valence-corrected chi connectivity index (χ4v) is 2.61. The van der Waals surface area contributed by atoms with Crippen molar-refractivity contribution in [1.29, 1.82) is 0 Å². The van der Waals surface area contributed by atoms with Crippen LogP contribution < -0.4 is 10.1 Å². The van der Waals surface area contributed by atoms with Crippen LogP contribution in [0.1, 0.15) is 47.7 Å². The minimum Gasteiger partial charge on any atom is -0.494 e. The first-order valence-corrected chi connectivity index (χ1v) is 8.85. The van der Waals surface area contributed by atoms with Gasteiger partial charge in [0.25, 0.3) is 0 Å². The molecule has 1 amide bonds. The van der Waals surface area contributed by atoms with Crippen molar-refractivity contribution in [3.05, 3.63) is 59.2 Å². The van der Waals surface area contributed by atoms with Crippen molar-refractivity contribution in [3.8, 4) is 5.75 Å². The van der Waals surface area contributed by atoms with E-state index in [4.69, 9.17) is 4.74 Å². The van der Waals surface area contributed by atoms with Crippen LogP contribution in [0.15, 0.2) is 42.5 Å². The van der Waals surface area contributed by atoms with E-state index in [1.54, 1.807) is 24.3 Å². The summed E-state index contributed by atoms with van der Waals surface area (Å²) >= 11 is 0. The third kappa shape index (κ3) is 5.62. The molecule has 0 aromatic heterocycles. The van der Waals surface area contributed by atoms with Gasteiger partial charge in [0, 0.05) is 12.1 Å². The summed E-state index contributed by atoms with van der Waals surface area (Å²) in [5, 5.41) is 12.1. The van der Waals surface area contributed by atoms with E-state index in [1.165, 1.54) is 0 Å². The number of anilines is 1. The van der Waals surface area contributed by atoms with Gasteiger partial charge in [-0.2, -0.15) is 0 Å². The molecule has 2 aromatic rings. The van der Waals surface area contributed by atoms with Crippen molar-refractivity contribution >= 4 is 17.6 Å². The summed E-state index contributed by atoms with van der Waals surface area (Å²) in [6.45, 7) is 4.72. The van der Waals surface area contributed by atoms with Crippen molar-refractivity contribution in [2.45, 2.75) is 39.5 Å². The molecule has 0 bridgehead atoms. The van der Waals surface area contributed by atoms with Crippen LogP contribution in [-0.2, 0) is 11.2 Å². The Bertz CT molecular complexity index is 770. The summed E-state index contributed by atoms with van der Waals surface area (Å²) in [6, 6.07) is 12.3. The number of rotatable bonds is 9. The number of carbonyl (C=O) groups excluding carboxylic acids is 1. The number of carboxylic acid groups (broad SMARTS) is 1. The van der Waals surface area contributed by atoms with Gasteiger partial charge in [-0.1, -0.05) is 31.5 Å². The smallest absolute Gasteiger partial charge is 0.335 e. The molecule has 2 rings (SSSR count). The van der Waals surface area contributed by atoms with E-state index < -0.39 is 5.97 Å². The summed E-state index contributed by atoms with van der Waals surface area (Å²) in [6.07, 6.45) is 2.69. The molecule has 0 radical (unpaired) electrons. The zero-order chi connectivity index (χ0) is 18.9. The second kappa shape index (κ2) is 9.61. The Hall–Kier alpha value is -2.82. The summed E-state index contributed by atoms with van der Waals surface area (Å²) < 4.78 is 5.66. The Morgan fingerprint density at radius 2 is 1.92 bits per heavy atom. The lowest BCUT2D eigenvalue weighted by Gasteiger charge is -2.12. The Morgan fingerprint density at radius 1 is 1.15 bits per heavy atom. The van der Waals surface area contributed by atoms with Gasteiger partial charge in [-0.3, -0.25) is 4.79 Å². The van der Waals surface area contributed by atoms with E-state index in [0.717, 1.165) is 29.8 Å². The zero-order valence-corrected chi connectivity index (χ0v) is 15.2. The molecular formula is C21H25NO4. The molecule has 0 aliphatic heterocycles. The van der Waals surface area contributed by atoms with Gasteiger partial charge in [-0.15, -0.1) is 0 Å². The number of nitrogens with one attached hydrogen (secondary N) is 1. The third-order valence-electron chi connectivity index (χ3n) is 4.11. The number of carbonyl (C=O) groups is 2. The second-order valence-electron chi connectivity index (χ2n) is 6.19. The summed E-state index contributed by atoms with van der Waals surface area (Å²) in [4.78, 5) is 23.4. The van der Waals surface area contributed by atoms with Crippen molar-refractivity contribution < 1.29 is 19.4 Å². The molecule has 5 heteroatoms. The quantitative estimate of drug-likeness (QED) is 0.652. The molecule has 0 saturated carbocycles. The normalized spacial score (nSPS) is 10.4. The fraction of sp³-hybridized carbons (Fsp3) is 0.333. The molecule has 2 N–H and O–H groups in total. The number of carboxylic acids is 1. The predicted molar refractivity (Wildman–Crippen MR) is 102 cm³/mol. The molecule has 2 aromatic carbocycles. The molecule has 138 valence electrons. The maximum Gasteiger partial charge on any atom is 0.335 e. The highest BCUT2D eigenvalue weighted by molar-refractivity contribution is 5.92. The van der Waals surface area contributed by atoms with Gasteiger partial charge in [-0.25, -0.2) is 4.79 Å². The van der Waals surface area contributed by atoms with E-state index >= 15 is 0 Å². The number of aromatic carboxylic acids is 1. The van der Waals surface area contributed by atoms with E-state index in [1.807, 2.05) is 25.1 Å². The molecule has 0 heterocycles. The number of hydrogen-bond donors (Lipinski definition) is 2. The molecule has 0 unspecified atom stereocenters. The number of unbranched alkanes of at least 4 members (excludes halogenated alkanes) is 1. The number of ether oxygens (including phenoxy) is 1. The molecule has 0 fully saturated rings. The van der Waals surface area contributed by atoms with Crippen LogP contribution in [-0.4, -0.2) is 23.6 Å². The van der Waals surface area contributed by atoms with Crippen molar-refractivity contribution in [2.24, 2.45) is 0 Å². The highest BCUT2D eigenvalue weighted by Gasteiger charge is 2.11. The number of amides is 1. The molecule has 5 nitrogen and oxygen atoms in total. The Balaban J connectivity index is 1.93. The van der Waals surface area contributed by atoms with Crippen molar-refractivity contribution in [1.82, 2.24) is 0 Å². The largest absolute Gasteiger partial charge is 0.494 e. The first-order chi connectivity index (χ1) is 12.5. The molecule has 0 aliphatic carbocycles. The van der Waals surface area contributed by atoms with E-state index in [0.29, 0.717) is 18.6 Å². The molecule has 0 saturated heterocycles. The van der Waals surface area contributed by atoms with Gasteiger partial charge in [0.15, 0.2) is 0 Å². The van der Waals surface area contributed by atoms with E-state index in [9.17, 15) is 14.7 Å². The lowest BCUT2D eigenvalue weighted by atomic mass is 10.0. The van der Waals surface area contributed by atoms with Crippen LogP contribution in [0.5, 0.6) is 5.75 Å². The number of aryl methyl sites for hydroxylation is 2. The first-order valence-electron chi connectivity index (χ1n) is 8.85. The van der Waals surface area contributed by atoms with Gasteiger partial charge < -0.3 is 15.2 Å². The second-order valence-corrected chi connectivity index (χ2v) is 6.19. The summed E-state index contributed by atoms with van der Waals surface area (Å²) in [5.41, 5.74) is 2.57. The lowest BCUT2D eigenvalue weighted by Crippen LogP contribution is -2.14. The van der Waals surface area contributed by atoms with Crippen LogP contribution >= 0.6 is 0 Å². The molecular weight excluding hydrogens is 330 g/mol. The van der Waals surface area contributed by atoms with Crippen LogP contribution in [0, 0.1) is 6.92 Å². The van der Waals surface area contributed by atoms with Gasteiger partial charge in [0.2, 0.25) is 5.91 Å². The maximum absolute atomic E-state index is 12.2. The monoisotopic (exact) mass is 355 g/mol. The van der Waals surface area contributed by atoms with Crippen LogP contribution in [0.25, 0.3) is 0 Å². The lowest BCUT2D eigenvalue weighted by molar-refractivity contribution is -0.116. The average Bonchev–Trinajstić information content (AvgIpc) is 2.62. The summed E-state index contributed by atoms with van der Waals surface area (Å²) in [5.74, 6) is -0.326. The van der Waals surface area contributed by atoms with Crippen LogP contribution in [0.2, 0.25) is 0 Å². The minimum absolute atomic E-state index is 0.145. The molecule has 0 atom stereocenters. The van der Waals surface area contributed by atoms with E-state index in [2.05, 4.69) is 12.2 Å². The van der Waals surface area contributed by atoms with Gasteiger partial charge in [0.1, 0.15) is 5.75 Å². The zero-order valence-electron chi connectivity index (χ0n) is 15.2. The Kier molecular flexibility index (Phi) is 7.21. The SMILES string of the molecule is CCCCOc1ccc(NC(=O)CCc2ccccc2C(=O)O)c(C)c1. The first kappa shape index (κ1) is 19.5. The Morgan fingerprint density at radius 3 is 2.62 bits per heavy atom. The third-order valence-corrected chi connectivity index (χ3v) is 4.11. The predicted octanol–water partition coefficient (Wildman–Crippen LogP) is 4.44. The van der Waals surface area contributed by atoms with E-state index in [-0.39, 0.29) is 17.9 Å².